The zero-order chi connectivity index (χ0) is 23.0. The molecule has 2 heteroatoms. The molecule has 1 aliphatic heterocycles. The van der Waals surface area contributed by atoms with Crippen LogP contribution in [-0.2, 0) is 0 Å². The summed E-state index contributed by atoms with van der Waals surface area (Å²) in [5, 5.41) is 0. The lowest BCUT2D eigenvalue weighted by Crippen LogP contribution is -2.38. The van der Waals surface area contributed by atoms with Crippen molar-refractivity contribution in [3.05, 3.63) is 65.0 Å². The number of aryl methyl sites for hydroxylation is 1. The van der Waals surface area contributed by atoms with Gasteiger partial charge in [0.05, 0.1) is 5.71 Å². The van der Waals surface area contributed by atoms with Gasteiger partial charge >= 0.3 is 0 Å². The fourth-order valence-corrected chi connectivity index (χ4v) is 5.68. The van der Waals surface area contributed by atoms with Gasteiger partial charge in [-0.15, -0.1) is 0 Å². The zero-order valence-corrected chi connectivity index (χ0v) is 21.0. The lowest BCUT2D eigenvalue weighted by atomic mass is 9.74. The Morgan fingerprint density at radius 2 is 1.61 bits per heavy atom. The molecule has 0 N–H and O–H groups in total. The number of hydrogen-bond acceptors (Lipinski definition) is 2. The van der Waals surface area contributed by atoms with Crippen LogP contribution in [0.1, 0.15) is 83.4 Å². The summed E-state index contributed by atoms with van der Waals surface area (Å²) in [4.78, 5) is 7.50. The Bertz CT molecular complexity index is 929. The van der Waals surface area contributed by atoms with Gasteiger partial charge in [0.25, 0.3) is 0 Å². The molecule has 0 atom stereocenters. The Hall–Kier alpha value is -2.09. The molecule has 0 unspecified atom stereocenters. The van der Waals surface area contributed by atoms with Crippen LogP contribution in [0.4, 0.5) is 0 Å². The van der Waals surface area contributed by atoms with Gasteiger partial charge in [0.1, 0.15) is 5.82 Å². The molecule has 0 radical (unpaired) electrons. The number of piperidine rings is 1. The van der Waals surface area contributed by atoms with E-state index in [0.29, 0.717) is 10.8 Å². The molecule has 0 amide bonds. The van der Waals surface area contributed by atoms with Gasteiger partial charge in [0.15, 0.2) is 0 Å². The van der Waals surface area contributed by atoms with Crippen LogP contribution in [0.2, 0.25) is 0 Å². The summed E-state index contributed by atoms with van der Waals surface area (Å²) in [6.07, 6.45) is 6.65. The number of rotatable bonds is 5. The van der Waals surface area contributed by atoms with E-state index in [1.165, 1.54) is 59.9 Å². The standard InChI is InChI=1S/C29H42N2/c1-20(2)26(25-12-10-11-22(5)23(25)6)27(21(3)4)30-24(7)31-17-15-29(16-18-31)14-13-28(8,9)19-29/h10-12H,3,7,13-19H2,1-2,4-6,8-9H3/b30-27-. The molecule has 1 spiro atoms. The van der Waals surface area contributed by atoms with Crippen LogP contribution in [-0.4, -0.2) is 23.7 Å². The Labute approximate surface area is 190 Å². The SMILES string of the molecule is C=C(C)/C(=N/C(=C)N1CCC2(CC1)CCC(C)(C)C2)C(=C(C)C)c1cccc(C)c1C. The molecule has 3 rings (SSSR count). The van der Waals surface area contributed by atoms with E-state index in [1.54, 1.807) is 0 Å². The highest BCUT2D eigenvalue weighted by atomic mass is 15.2. The quantitative estimate of drug-likeness (QED) is 0.444. The van der Waals surface area contributed by atoms with Gasteiger partial charge in [-0.2, -0.15) is 0 Å². The first-order valence-electron chi connectivity index (χ1n) is 11.9. The van der Waals surface area contributed by atoms with E-state index >= 15 is 0 Å². The Balaban J connectivity index is 1.85. The van der Waals surface area contributed by atoms with E-state index in [4.69, 9.17) is 4.99 Å². The minimum atomic E-state index is 0.508. The van der Waals surface area contributed by atoms with Gasteiger partial charge in [-0.1, -0.05) is 50.8 Å². The molecule has 2 fully saturated rings. The van der Waals surface area contributed by atoms with Crippen molar-refractivity contribution in [3.8, 4) is 0 Å². The highest BCUT2D eigenvalue weighted by Gasteiger charge is 2.44. The van der Waals surface area contributed by atoms with Crippen LogP contribution in [0, 0.1) is 24.7 Å². The lowest BCUT2D eigenvalue weighted by molar-refractivity contribution is 0.120. The number of benzene rings is 1. The zero-order valence-electron chi connectivity index (χ0n) is 21.0. The van der Waals surface area contributed by atoms with Crippen molar-refractivity contribution in [2.45, 2.75) is 80.6 Å². The first-order chi connectivity index (χ1) is 14.4. The Morgan fingerprint density at radius 1 is 0.968 bits per heavy atom. The first-order valence-corrected chi connectivity index (χ1v) is 11.9. The predicted molar refractivity (Wildman–Crippen MR) is 136 cm³/mol. The molecule has 2 nitrogen and oxygen atoms in total. The minimum Gasteiger partial charge on any atom is -0.357 e. The number of aliphatic imine (C=N–C) groups is 1. The van der Waals surface area contributed by atoms with Gasteiger partial charge in [0, 0.05) is 18.7 Å². The van der Waals surface area contributed by atoms with Crippen LogP contribution in [0.25, 0.3) is 5.57 Å². The van der Waals surface area contributed by atoms with Crippen molar-refractivity contribution in [2.75, 3.05) is 13.1 Å². The third-order valence-electron chi connectivity index (χ3n) is 7.63. The molecule has 0 bridgehead atoms. The summed E-state index contributed by atoms with van der Waals surface area (Å²) in [6.45, 7) is 26.5. The molecule has 1 heterocycles. The second kappa shape index (κ2) is 8.81. The molecular formula is C29H42N2. The van der Waals surface area contributed by atoms with Crippen molar-refractivity contribution in [1.82, 2.24) is 4.90 Å². The summed E-state index contributed by atoms with van der Waals surface area (Å²) in [5.74, 6) is 0.883. The summed E-state index contributed by atoms with van der Waals surface area (Å²) in [6, 6.07) is 6.52. The maximum Gasteiger partial charge on any atom is 0.121 e. The van der Waals surface area contributed by atoms with E-state index < -0.39 is 0 Å². The lowest BCUT2D eigenvalue weighted by Gasteiger charge is -2.41. The van der Waals surface area contributed by atoms with Gasteiger partial charge in [-0.3, -0.25) is 0 Å². The molecule has 1 aromatic carbocycles. The second-order valence-corrected chi connectivity index (χ2v) is 11.1. The van der Waals surface area contributed by atoms with Crippen molar-refractivity contribution in [3.63, 3.8) is 0 Å². The normalized spacial score (nSPS) is 20.1. The van der Waals surface area contributed by atoms with E-state index in [0.717, 1.165) is 30.2 Å². The van der Waals surface area contributed by atoms with E-state index in [-0.39, 0.29) is 0 Å². The van der Waals surface area contributed by atoms with Gasteiger partial charge in [-0.05, 0) is 99.8 Å². The maximum atomic E-state index is 5.10. The average molecular weight is 419 g/mol. The molecule has 1 aliphatic carbocycles. The van der Waals surface area contributed by atoms with Gasteiger partial charge in [-0.25, -0.2) is 4.99 Å². The molecule has 1 saturated heterocycles. The van der Waals surface area contributed by atoms with E-state index in [1.807, 2.05) is 0 Å². The van der Waals surface area contributed by atoms with Gasteiger partial charge < -0.3 is 4.90 Å². The van der Waals surface area contributed by atoms with Crippen molar-refractivity contribution in [1.29, 1.82) is 0 Å². The van der Waals surface area contributed by atoms with Crippen LogP contribution in [0.15, 0.2) is 53.3 Å². The molecule has 0 aromatic heterocycles. The van der Waals surface area contributed by atoms with E-state index in [9.17, 15) is 0 Å². The van der Waals surface area contributed by atoms with E-state index in [2.05, 4.69) is 84.7 Å². The van der Waals surface area contributed by atoms with Crippen LogP contribution < -0.4 is 0 Å². The largest absolute Gasteiger partial charge is 0.357 e. The molecule has 31 heavy (non-hydrogen) atoms. The summed E-state index contributed by atoms with van der Waals surface area (Å²) in [7, 11) is 0. The molecule has 2 aliphatic rings. The van der Waals surface area contributed by atoms with Crippen molar-refractivity contribution < 1.29 is 0 Å². The Morgan fingerprint density at radius 3 is 2.13 bits per heavy atom. The molecule has 168 valence electrons. The fraction of sp³-hybridized carbons (Fsp3) is 0.552. The van der Waals surface area contributed by atoms with Crippen molar-refractivity contribution >= 4 is 11.3 Å². The number of nitrogens with zero attached hydrogens (tertiary/aromatic N) is 2. The maximum absolute atomic E-state index is 5.10. The van der Waals surface area contributed by atoms with Crippen LogP contribution in [0.5, 0.6) is 0 Å². The third kappa shape index (κ3) is 5.05. The predicted octanol–water partition coefficient (Wildman–Crippen LogP) is 7.88. The minimum absolute atomic E-state index is 0.508. The summed E-state index contributed by atoms with van der Waals surface area (Å²) < 4.78 is 0. The van der Waals surface area contributed by atoms with Gasteiger partial charge in [0.2, 0.25) is 0 Å². The number of hydrogen-bond donors (Lipinski definition) is 0. The number of allylic oxidation sites excluding steroid dienone is 3. The molecular weight excluding hydrogens is 376 g/mol. The molecule has 1 saturated carbocycles. The smallest absolute Gasteiger partial charge is 0.121 e. The third-order valence-corrected chi connectivity index (χ3v) is 7.63. The summed E-state index contributed by atoms with van der Waals surface area (Å²) in [5.41, 5.74) is 9.33. The van der Waals surface area contributed by atoms with Crippen LogP contribution in [0.3, 0.4) is 0 Å². The molecule has 1 aromatic rings. The Kier molecular flexibility index (Phi) is 6.69. The second-order valence-electron chi connectivity index (χ2n) is 11.1. The monoisotopic (exact) mass is 418 g/mol. The fourth-order valence-electron chi connectivity index (χ4n) is 5.68. The average Bonchev–Trinajstić information content (AvgIpc) is 2.98. The number of likely N-dealkylation sites (tertiary alicyclic amines) is 1. The van der Waals surface area contributed by atoms with Crippen LogP contribution >= 0.6 is 0 Å². The summed E-state index contributed by atoms with van der Waals surface area (Å²) >= 11 is 0. The highest BCUT2D eigenvalue weighted by Crippen LogP contribution is 2.54. The first kappa shape index (κ1) is 23.6. The highest BCUT2D eigenvalue weighted by molar-refractivity contribution is 6.32. The topological polar surface area (TPSA) is 15.6 Å². The van der Waals surface area contributed by atoms with Crippen molar-refractivity contribution in [2.24, 2.45) is 15.8 Å².